The first-order valence-electron chi connectivity index (χ1n) is 8.31. The van der Waals surface area contributed by atoms with Crippen LogP contribution in [0, 0.1) is 20.8 Å². The highest BCUT2D eigenvalue weighted by Gasteiger charge is 2.11. The summed E-state index contributed by atoms with van der Waals surface area (Å²) >= 11 is 1.68. The normalized spacial score (nSPS) is 11.4. The number of thiazole rings is 1. The van der Waals surface area contributed by atoms with Gasteiger partial charge in [-0.15, -0.1) is 35.3 Å². The SMILES string of the molecule is CCNC(=NCCc1c(C)nn(C)c1C)N(C)Cc1csc(C)n1.I. The van der Waals surface area contributed by atoms with Gasteiger partial charge in [0.15, 0.2) is 5.96 Å². The molecule has 6 nitrogen and oxygen atoms in total. The Labute approximate surface area is 171 Å². The summed E-state index contributed by atoms with van der Waals surface area (Å²) in [5, 5.41) is 11.0. The molecule has 140 valence electrons. The first kappa shape index (κ1) is 21.9. The number of hydrogen-bond acceptors (Lipinski definition) is 4. The third kappa shape index (κ3) is 5.95. The minimum Gasteiger partial charge on any atom is -0.357 e. The van der Waals surface area contributed by atoms with Crippen LogP contribution in [0.1, 0.15) is 34.6 Å². The molecule has 0 bridgehead atoms. The van der Waals surface area contributed by atoms with Crippen molar-refractivity contribution in [2.24, 2.45) is 12.0 Å². The van der Waals surface area contributed by atoms with Crippen LogP contribution >= 0.6 is 35.3 Å². The van der Waals surface area contributed by atoms with Crippen LogP contribution in [0.15, 0.2) is 10.4 Å². The van der Waals surface area contributed by atoms with Crippen molar-refractivity contribution in [1.82, 2.24) is 25.0 Å². The number of nitrogens with zero attached hydrogens (tertiary/aromatic N) is 5. The van der Waals surface area contributed by atoms with E-state index in [1.807, 2.05) is 18.7 Å². The Balaban J connectivity index is 0.00000312. The van der Waals surface area contributed by atoms with E-state index in [1.165, 1.54) is 11.3 Å². The summed E-state index contributed by atoms with van der Waals surface area (Å²) in [5.41, 5.74) is 4.71. The van der Waals surface area contributed by atoms with E-state index in [2.05, 4.69) is 53.5 Å². The number of nitrogens with one attached hydrogen (secondary N) is 1. The Kier molecular flexibility index (Phi) is 8.84. The fraction of sp³-hybridized carbons (Fsp3) is 0.588. The van der Waals surface area contributed by atoms with Gasteiger partial charge in [-0.1, -0.05) is 0 Å². The average molecular weight is 476 g/mol. The largest absolute Gasteiger partial charge is 0.357 e. The van der Waals surface area contributed by atoms with Gasteiger partial charge in [0.2, 0.25) is 0 Å². The van der Waals surface area contributed by atoms with Crippen LogP contribution in [-0.4, -0.2) is 45.8 Å². The molecule has 0 aliphatic heterocycles. The predicted molar refractivity (Wildman–Crippen MR) is 116 cm³/mol. The van der Waals surface area contributed by atoms with Crippen LogP contribution in [0.25, 0.3) is 0 Å². The zero-order valence-corrected chi connectivity index (χ0v) is 19.1. The smallest absolute Gasteiger partial charge is 0.194 e. The highest BCUT2D eigenvalue weighted by molar-refractivity contribution is 14.0. The molecular formula is C17H29IN6S. The van der Waals surface area contributed by atoms with Crippen LogP contribution in [0.2, 0.25) is 0 Å². The van der Waals surface area contributed by atoms with Gasteiger partial charge in [-0.3, -0.25) is 9.67 Å². The molecule has 1 N–H and O–H groups in total. The number of halogens is 1. The van der Waals surface area contributed by atoms with Crippen LogP contribution in [-0.2, 0) is 20.0 Å². The predicted octanol–water partition coefficient (Wildman–Crippen LogP) is 3.06. The highest BCUT2D eigenvalue weighted by atomic mass is 127. The Morgan fingerprint density at radius 2 is 2.08 bits per heavy atom. The second-order valence-electron chi connectivity index (χ2n) is 5.97. The summed E-state index contributed by atoms with van der Waals surface area (Å²) in [7, 11) is 4.04. The van der Waals surface area contributed by atoms with Crippen molar-refractivity contribution in [3.8, 4) is 0 Å². The third-order valence-corrected chi connectivity index (χ3v) is 4.87. The molecule has 0 unspecified atom stereocenters. The molecule has 0 aliphatic rings. The van der Waals surface area contributed by atoms with E-state index in [9.17, 15) is 0 Å². The molecule has 0 aromatic carbocycles. The molecule has 2 rings (SSSR count). The lowest BCUT2D eigenvalue weighted by Crippen LogP contribution is -2.38. The molecule has 2 aromatic heterocycles. The molecule has 0 saturated carbocycles. The molecule has 2 aromatic rings. The van der Waals surface area contributed by atoms with Gasteiger partial charge in [-0.2, -0.15) is 5.10 Å². The van der Waals surface area contributed by atoms with Gasteiger partial charge in [0.1, 0.15) is 0 Å². The van der Waals surface area contributed by atoms with E-state index in [4.69, 9.17) is 4.99 Å². The Morgan fingerprint density at radius 1 is 1.36 bits per heavy atom. The summed E-state index contributed by atoms with van der Waals surface area (Å²) in [6.07, 6.45) is 0.907. The number of aromatic nitrogens is 3. The lowest BCUT2D eigenvalue weighted by atomic mass is 10.1. The van der Waals surface area contributed by atoms with Crippen molar-refractivity contribution in [3.63, 3.8) is 0 Å². The standard InChI is InChI=1S/C17H28N6S.HI/c1-7-18-17(22(5)10-15-11-24-14(4)20-15)19-9-8-16-12(2)21-23(6)13(16)3;/h11H,7-10H2,1-6H3,(H,18,19);1H. The number of hydrogen-bond donors (Lipinski definition) is 1. The van der Waals surface area contributed by atoms with Gasteiger partial charge in [0, 0.05) is 38.3 Å². The zero-order chi connectivity index (χ0) is 17.7. The summed E-state index contributed by atoms with van der Waals surface area (Å²) < 4.78 is 1.94. The fourth-order valence-electron chi connectivity index (χ4n) is 2.72. The van der Waals surface area contributed by atoms with Gasteiger partial charge < -0.3 is 10.2 Å². The second-order valence-corrected chi connectivity index (χ2v) is 7.03. The minimum absolute atomic E-state index is 0. The first-order chi connectivity index (χ1) is 11.4. The van der Waals surface area contributed by atoms with E-state index < -0.39 is 0 Å². The third-order valence-electron chi connectivity index (χ3n) is 4.04. The number of aliphatic imine (C=N–C) groups is 1. The molecule has 0 radical (unpaired) electrons. The van der Waals surface area contributed by atoms with Gasteiger partial charge in [0.05, 0.1) is 22.9 Å². The monoisotopic (exact) mass is 476 g/mol. The number of aryl methyl sites for hydroxylation is 3. The van der Waals surface area contributed by atoms with Crippen molar-refractivity contribution in [2.45, 2.75) is 40.7 Å². The van der Waals surface area contributed by atoms with Crippen molar-refractivity contribution in [3.05, 3.63) is 33.0 Å². The van der Waals surface area contributed by atoms with Crippen molar-refractivity contribution >= 4 is 41.3 Å². The Morgan fingerprint density at radius 3 is 2.60 bits per heavy atom. The molecular weight excluding hydrogens is 447 g/mol. The van der Waals surface area contributed by atoms with Gasteiger partial charge in [-0.25, -0.2) is 4.98 Å². The van der Waals surface area contributed by atoms with Crippen molar-refractivity contribution in [1.29, 1.82) is 0 Å². The molecule has 0 amide bonds. The molecule has 0 aliphatic carbocycles. The maximum atomic E-state index is 4.77. The lowest BCUT2D eigenvalue weighted by Gasteiger charge is -2.21. The van der Waals surface area contributed by atoms with Crippen LogP contribution in [0.5, 0.6) is 0 Å². The fourth-order valence-corrected chi connectivity index (χ4v) is 3.33. The van der Waals surface area contributed by atoms with E-state index in [0.29, 0.717) is 0 Å². The molecule has 8 heteroatoms. The molecule has 25 heavy (non-hydrogen) atoms. The van der Waals surface area contributed by atoms with E-state index in [-0.39, 0.29) is 24.0 Å². The van der Waals surface area contributed by atoms with E-state index in [1.54, 1.807) is 11.3 Å². The maximum Gasteiger partial charge on any atom is 0.194 e. The number of rotatable bonds is 6. The van der Waals surface area contributed by atoms with Gasteiger partial charge in [-0.05, 0) is 39.7 Å². The summed E-state index contributed by atoms with van der Waals surface area (Å²) in [6.45, 7) is 10.7. The van der Waals surface area contributed by atoms with E-state index >= 15 is 0 Å². The quantitative estimate of drug-likeness (QED) is 0.396. The van der Waals surface area contributed by atoms with Crippen LogP contribution in [0.3, 0.4) is 0 Å². The molecule has 0 atom stereocenters. The maximum absolute atomic E-state index is 4.77. The average Bonchev–Trinajstić information content (AvgIpc) is 3.03. The van der Waals surface area contributed by atoms with Crippen LogP contribution < -0.4 is 5.32 Å². The Hall–Kier alpha value is -1.16. The lowest BCUT2D eigenvalue weighted by molar-refractivity contribution is 0.471. The van der Waals surface area contributed by atoms with Crippen molar-refractivity contribution in [2.75, 3.05) is 20.1 Å². The summed E-state index contributed by atoms with van der Waals surface area (Å²) in [5.74, 6) is 0.919. The van der Waals surface area contributed by atoms with Gasteiger partial charge in [0.25, 0.3) is 0 Å². The second kappa shape index (κ2) is 10.1. The minimum atomic E-state index is 0. The topological polar surface area (TPSA) is 58.3 Å². The first-order valence-corrected chi connectivity index (χ1v) is 9.19. The molecule has 0 saturated heterocycles. The molecule has 0 spiro atoms. The highest BCUT2D eigenvalue weighted by Crippen LogP contribution is 2.13. The summed E-state index contributed by atoms with van der Waals surface area (Å²) in [4.78, 5) is 11.4. The van der Waals surface area contributed by atoms with Gasteiger partial charge >= 0.3 is 0 Å². The molecule has 0 fully saturated rings. The van der Waals surface area contributed by atoms with Crippen molar-refractivity contribution < 1.29 is 0 Å². The summed E-state index contributed by atoms with van der Waals surface area (Å²) in [6, 6.07) is 0. The molecule has 2 heterocycles. The van der Waals surface area contributed by atoms with Crippen LogP contribution in [0.4, 0.5) is 0 Å². The number of guanidine groups is 1. The zero-order valence-electron chi connectivity index (χ0n) is 16.0. The Bertz CT molecular complexity index is 706. The van der Waals surface area contributed by atoms with E-state index in [0.717, 1.165) is 48.4 Å².